The van der Waals surface area contributed by atoms with Crippen LogP contribution in [0.25, 0.3) is 11.0 Å². The molecule has 0 unspecified atom stereocenters. The second-order valence-corrected chi connectivity index (χ2v) is 10.3. The van der Waals surface area contributed by atoms with E-state index in [4.69, 9.17) is 9.47 Å². The number of aromatic nitrogens is 4. The number of anilines is 3. The van der Waals surface area contributed by atoms with Crippen LogP contribution >= 0.6 is 0 Å². The van der Waals surface area contributed by atoms with E-state index in [2.05, 4.69) is 65.2 Å². The Hall–Kier alpha value is -3.24. The van der Waals surface area contributed by atoms with Gasteiger partial charge in [0.25, 0.3) is 0 Å². The lowest BCUT2D eigenvalue weighted by Gasteiger charge is -2.33. The average molecular weight is 505 g/mol. The van der Waals surface area contributed by atoms with Gasteiger partial charge in [-0.3, -0.25) is 4.98 Å². The lowest BCUT2D eigenvalue weighted by atomic mass is 9.93. The van der Waals surface area contributed by atoms with Crippen molar-refractivity contribution >= 4 is 28.4 Å². The van der Waals surface area contributed by atoms with Gasteiger partial charge in [-0.15, -0.1) is 0 Å². The summed E-state index contributed by atoms with van der Waals surface area (Å²) < 4.78 is 12.1. The van der Waals surface area contributed by atoms with E-state index in [0.29, 0.717) is 6.04 Å². The number of likely N-dealkylation sites (N-methyl/N-ethyl adjacent to an activating group) is 1. The monoisotopic (exact) mass is 504 g/mol. The first-order chi connectivity index (χ1) is 18.2. The SMILES string of the molecule is CN1CCN(c2cc(N[C@H]3CC[C@@H](Oc4cc(N5CCOCC5)cc5nccnc45)CC3)ncn2)CC1. The largest absolute Gasteiger partial charge is 0.488 e. The number of nitrogens with zero attached hydrogens (tertiary/aromatic N) is 7. The van der Waals surface area contributed by atoms with Crippen LogP contribution in [0.5, 0.6) is 5.75 Å². The van der Waals surface area contributed by atoms with Gasteiger partial charge < -0.3 is 29.5 Å². The topological polar surface area (TPSA) is 91.8 Å². The third-order valence-electron chi connectivity index (χ3n) is 7.70. The summed E-state index contributed by atoms with van der Waals surface area (Å²) in [5.41, 5.74) is 2.83. The molecule has 2 saturated heterocycles. The van der Waals surface area contributed by atoms with Crippen LogP contribution in [0, 0.1) is 0 Å². The molecule has 2 aromatic heterocycles. The van der Waals surface area contributed by atoms with Crippen LogP contribution in [-0.4, -0.2) is 96.5 Å². The van der Waals surface area contributed by atoms with Crippen molar-refractivity contribution in [3.63, 3.8) is 0 Å². The van der Waals surface area contributed by atoms with Crippen molar-refractivity contribution in [1.82, 2.24) is 24.8 Å². The van der Waals surface area contributed by atoms with E-state index >= 15 is 0 Å². The fourth-order valence-electron chi connectivity index (χ4n) is 5.47. The van der Waals surface area contributed by atoms with Crippen LogP contribution in [0.15, 0.2) is 36.9 Å². The number of ether oxygens (including phenoxy) is 2. The van der Waals surface area contributed by atoms with Crippen molar-refractivity contribution in [2.24, 2.45) is 0 Å². The number of rotatable bonds is 6. The molecule has 1 aliphatic carbocycles. The molecule has 1 saturated carbocycles. The van der Waals surface area contributed by atoms with Gasteiger partial charge in [-0.05, 0) is 38.8 Å². The van der Waals surface area contributed by atoms with Gasteiger partial charge in [-0.1, -0.05) is 0 Å². The van der Waals surface area contributed by atoms with Crippen molar-refractivity contribution < 1.29 is 9.47 Å². The molecule has 10 nitrogen and oxygen atoms in total. The third kappa shape index (κ3) is 5.70. The second kappa shape index (κ2) is 11.0. The maximum Gasteiger partial charge on any atom is 0.149 e. The van der Waals surface area contributed by atoms with Gasteiger partial charge in [-0.25, -0.2) is 15.0 Å². The normalized spacial score (nSPS) is 23.3. The van der Waals surface area contributed by atoms with Crippen molar-refractivity contribution in [2.75, 3.05) is 74.6 Å². The molecule has 3 aromatic rings. The standard InChI is InChI=1S/C27H36N8O2/c1-33-8-10-35(11-9-33)26-18-25(30-19-31-26)32-20-2-4-22(5-3-20)37-24-17-21(34-12-14-36-15-13-34)16-23-27(24)29-7-6-28-23/h6-7,16-20,22H,2-5,8-15H2,1H3,(H,30,31,32)/t20-,22+. The van der Waals surface area contributed by atoms with Crippen molar-refractivity contribution in [3.05, 3.63) is 36.9 Å². The molecule has 0 atom stereocenters. The number of fused-ring (bicyclic) bond motifs is 1. The van der Waals surface area contributed by atoms with Crippen LogP contribution in [0.1, 0.15) is 25.7 Å². The van der Waals surface area contributed by atoms with Gasteiger partial charge in [0, 0.05) is 75.5 Å². The summed E-state index contributed by atoms with van der Waals surface area (Å²) in [5.74, 6) is 2.75. The van der Waals surface area contributed by atoms with Crippen molar-refractivity contribution in [1.29, 1.82) is 0 Å². The summed E-state index contributed by atoms with van der Waals surface area (Å²) >= 11 is 0. The van der Waals surface area contributed by atoms with E-state index in [1.807, 2.05) is 0 Å². The lowest BCUT2D eigenvalue weighted by Crippen LogP contribution is -2.44. The molecule has 10 heteroatoms. The van der Waals surface area contributed by atoms with Crippen molar-refractivity contribution in [3.8, 4) is 5.75 Å². The molecule has 196 valence electrons. The summed E-state index contributed by atoms with van der Waals surface area (Å²) in [4.78, 5) is 25.2. The second-order valence-electron chi connectivity index (χ2n) is 10.3. The quantitative estimate of drug-likeness (QED) is 0.540. The molecule has 3 aliphatic rings. The van der Waals surface area contributed by atoms with Crippen LogP contribution in [-0.2, 0) is 4.74 Å². The Morgan fingerprint density at radius 3 is 2.43 bits per heavy atom. The zero-order valence-corrected chi connectivity index (χ0v) is 21.6. The van der Waals surface area contributed by atoms with Gasteiger partial charge in [0.2, 0.25) is 0 Å². The highest BCUT2D eigenvalue weighted by Gasteiger charge is 2.25. The van der Waals surface area contributed by atoms with Gasteiger partial charge in [0.1, 0.15) is 29.2 Å². The molecule has 1 N–H and O–H groups in total. The van der Waals surface area contributed by atoms with E-state index < -0.39 is 0 Å². The van der Waals surface area contributed by atoms with Gasteiger partial charge >= 0.3 is 0 Å². The van der Waals surface area contributed by atoms with Crippen LogP contribution < -0.4 is 19.9 Å². The van der Waals surface area contributed by atoms with E-state index in [1.54, 1.807) is 18.7 Å². The Morgan fingerprint density at radius 2 is 1.62 bits per heavy atom. The maximum atomic E-state index is 6.58. The van der Waals surface area contributed by atoms with E-state index in [1.165, 1.54) is 0 Å². The zero-order valence-electron chi connectivity index (χ0n) is 21.6. The molecular formula is C27H36N8O2. The Morgan fingerprint density at radius 1 is 0.838 bits per heavy atom. The van der Waals surface area contributed by atoms with Gasteiger partial charge in [0.05, 0.1) is 24.8 Å². The molecule has 0 radical (unpaired) electrons. The smallest absolute Gasteiger partial charge is 0.149 e. The van der Waals surface area contributed by atoms with Gasteiger partial charge in [0.15, 0.2) is 0 Å². The predicted octanol–water partition coefficient (Wildman–Crippen LogP) is 2.81. The first-order valence-electron chi connectivity index (χ1n) is 13.5. The average Bonchev–Trinajstić information content (AvgIpc) is 2.95. The Bertz CT molecular complexity index is 1190. The molecular weight excluding hydrogens is 468 g/mol. The van der Waals surface area contributed by atoms with Crippen LogP contribution in [0.3, 0.4) is 0 Å². The number of hydrogen-bond donors (Lipinski definition) is 1. The highest BCUT2D eigenvalue weighted by molar-refractivity contribution is 5.85. The Labute approximate surface area is 218 Å². The summed E-state index contributed by atoms with van der Waals surface area (Å²) in [6.07, 6.45) is 9.36. The fourth-order valence-corrected chi connectivity index (χ4v) is 5.47. The fraction of sp³-hybridized carbons (Fsp3) is 0.556. The molecule has 2 aliphatic heterocycles. The Balaban J connectivity index is 1.08. The molecule has 0 amide bonds. The van der Waals surface area contributed by atoms with Crippen LogP contribution in [0.2, 0.25) is 0 Å². The first kappa shape index (κ1) is 24.1. The molecule has 1 aromatic carbocycles. The van der Waals surface area contributed by atoms with Gasteiger partial charge in [-0.2, -0.15) is 0 Å². The highest BCUT2D eigenvalue weighted by atomic mass is 16.5. The minimum Gasteiger partial charge on any atom is -0.488 e. The summed E-state index contributed by atoms with van der Waals surface area (Å²) in [7, 11) is 2.17. The number of piperazine rings is 1. The molecule has 6 rings (SSSR count). The number of hydrogen-bond acceptors (Lipinski definition) is 10. The highest BCUT2D eigenvalue weighted by Crippen LogP contribution is 2.33. The van der Waals surface area contributed by atoms with E-state index in [9.17, 15) is 0 Å². The predicted molar refractivity (Wildman–Crippen MR) is 145 cm³/mol. The number of benzene rings is 1. The summed E-state index contributed by atoms with van der Waals surface area (Å²) in [6.45, 7) is 7.37. The van der Waals surface area contributed by atoms with Crippen molar-refractivity contribution in [2.45, 2.75) is 37.8 Å². The molecule has 0 spiro atoms. The summed E-state index contributed by atoms with van der Waals surface area (Å²) in [6, 6.07) is 6.72. The number of morpholine rings is 1. The van der Waals surface area contributed by atoms with Crippen LogP contribution in [0.4, 0.5) is 17.3 Å². The third-order valence-corrected chi connectivity index (χ3v) is 7.70. The van der Waals surface area contributed by atoms with E-state index in [0.717, 1.165) is 112 Å². The minimum absolute atomic E-state index is 0.162. The summed E-state index contributed by atoms with van der Waals surface area (Å²) in [5, 5.41) is 3.65. The van der Waals surface area contributed by atoms with E-state index in [-0.39, 0.29) is 6.10 Å². The minimum atomic E-state index is 0.162. The lowest BCUT2D eigenvalue weighted by molar-refractivity contribution is 0.122. The molecule has 3 fully saturated rings. The molecule has 37 heavy (non-hydrogen) atoms. The maximum absolute atomic E-state index is 6.58. The number of nitrogens with one attached hydrogen (secondary N) is 1. The molecule has 0 bridgehead atoms. The molecule has 4 heterocycles. The zero-order chi connectivity index (χ0) is 25.0. The Kier molecular flexibility index (Phi) is 7.18. The first-order valence-corrected chi connectivity index (χ1v) is 13.5.